The van der Waals surface area contributed by atoms with Crippen molar-refractivity contribution in [2.45, 2.75) is 37.1 Å². The molecular formula is C21H24N4O3S. The standard InChI is InChI=1S/C21H24N4O3S/c1-24(2)29(27,28)17-8-6-7-15(13-17)21(26)22-16-10-11-19-18(14-16)23-20-9-4-3-5-12-25(19)20/h6-8,10-11,13-14H,3-5,9,12H2,1-2H3,(H,22,26). The number of rotatable bonds is 4. The number of carbonyl (C=O) groups excluding carboxylic acids is 1. The van der Waals surface area contributed by atoms with E-state index in [1.807, 2.05) is 18.2 Å². The number of carbonyl (C=O) groups is 1. The van der Waals surface area contributed by atoms with Crippen molar-refractivity contribution in [1.82, 2.24) is 13.9 Å². The van der Waals surface area contributed by atoms with E-state index in [0.717, 1.165) is 47.0 Å². The van der Waals surface area contributed by atoms with Crippen molar-refractivity contribution >= 4 is 32.7 Å². The van der Waals surface area contributed by atoms with E-state index in [0.29, 0.717) is 5.69 Å². The summed E-state index contributed by atoms with van der Waals surface area (Å²) in [7, 11) is -0.675. The molecule has 1 aliphatic rings. The summed E-state index contributed by atoms with van der Waals surface area (Å²) >= 11 is 0. The number of fused-ring (bicyclic) bond motifs is 3. The van der Waals surface area contributed by atoms with Gasteiger partial charge in [-0.3, -0.25) is 4.79 Å². The Balaban J connectivity index is 1.60. The van der Waals surface area contributed by atoms with Crippen molar-refractivity contribution < 1.29 is 13.2 Å². The Morgan fingerprint density at radius 2 is 1.93 bits per heavy atom. The van der Waals surface area contributed by atoms with Crippen molar-refractivity contribution in [2.75, 3.05) is 19.4 Å². The van der Waals surface area contributed by atoms with Gasteiger partial charge in [0.15, 0.2) is 0 Å². The number of benzene rings is 2. The molecular weight excluding hydrogens is 388 g/mol. The zero-order valence-corrected chi connectivity index (χ0v) is 17.4. The molecule has 0 saturated carbocycles. The number of imidazole rings is 1. The third-order valence-corrected chi connectivity index (χ3v) is 7.05. The lowest BCUT2D eigenvalue weighted by atomic mass is 10.2. The minimum Gasteiger partial charge on any atom is -0.328 e. The Morgan fingerprint density at radius 1 is 1.10 bits per heavy atom. The Bertz CT molecular complexity index is 1180. The fraction of sp³-hybridized carbons (Fsp3) is 0.333. The summed E-state index contributed by atoms with van der Waals surface area (Å²) in [5, 5.41) is 2.85. The summed E-state index contributed by atoms with van der Waals surface area (Å²) in [6, 6.07) is 11.8. The van der Waals surface area contributed by atoms with E-state index in [9.17, 15) is 13.2 Å². The zero-order chi connectivity index (χ0) is 20.6. The second-order valence-corrected chi connectivity index (χ2v) is 9.62. The lowest BCUT2D eigenvalue weighted by molar-refractivity contribution is 0.102. The number of nitrogens with one attached hydrogen (secondary N) is 1. The van der Waals surface area contributed by atoms with Crippen LogP contribution in [0.15, 0.2) is 47.4 Å². The average molecular weight is 413 g/mol. The second kappa shape index (κ2) is 7.61. The van der Waals surface area contributed by atoms with E-state index in [1.165, 1.54) is 32.6 Å². The molecule has 0 atom stereocenters. The number of hydrogen-bond donors (Lipinski definition) is 1. The summed E-state index contributed by atoms with van der Waals surface area (Å²) in [4.78, 5) is 17.5. The van der Waals surface area contributed by atoms with Gasteiger partial charge < -0.3 is 9.88 Å². The lowest BCUT2D eigenvalue weighted by Gasteiger charge is -2.12. The monoisotopic (exact) mass is 412 g/mol. The maximum Gasteiger partial charge on any atom is 0.255 e. The highest BCUT2D eigenvalue weighted by Gasteiger charge is 2.19. The van der Waals surface area contributed by atoms with Gasteiger partial charge in [0.25, 0.3) is 5.91 Å². The molecule has 0 aliphatic carbocycles. The normalized spacial score (nSPS) is 14.6. The van der Waals surface area contributed by atoms with Crippen LogP contribution in [0.5, 0.6) is 0 Å². The molecule has 1 aromatic heterocycles. The molecule has 1 amide bonds. The smallest absolute Gasteiger partial charge is 0.255 e. The molecule has 0 bridgehead atoms. The van der Waals surface area contributed by atoms with E-state index >= 15 is 0 Å². The quantitative estimate of drug-likeness (QED) is 0.713. The highest BCUT2D eigenvalue weighted by molar-refractivity contribution is 7.89. The molecule has 8 heteroatoms. The van der Waals surface area contributed by atoms with Gasteiger partial charge in [0.1, 0.15) is 5.82 Å². The number of aryl methyl sites for hydroxylation is 2. The van der Waals surface area contributed by atoms with E-state index in [-0.39, 0.29) is 16.4 Å². The van der Waals surface area contributed by atoms with Crippen LogP contribution in [0.4, 0.5) is 5.69 Å². The van der Waals surface area contributed by atoms with E-state index < -0.39 is 10.0 Å². The van der Waals surface area contributed by atoms with Crippen LogP contribution in [0.3, 0.4) is 0 Å². The molecule has 0 fully saturated rings. The molecule has 2 aromatic carbocycles. The molecule has 4 rings (SSSR count). The van der Waals surface area contributed by atoms with Gasteiger partial charge in [-0.15, -0.1) is 0 Å². The lowest BCUT2D eigenvalue weighted by Crippen LogP contribution is -2.22. The first-order chi connectivity index (χ1) is 13.9. The number of amides is 1. The summed E-state index contributed by atoms with van der Waals surface area (Å²) in [6.45, 7) is 0.977. The van der Waals surface area contributed by atoms with E-state index in [1.54, 1.807) is 12.1 Å². The third-order valence-electron chi connectivity index (χ3n) is 5.24. The van der Waals surface area contributed by atoms with Crippen molar-refractivity contribution in [3.05, 3.63) is 53.9 Å². The number of nitrogens with zero attached hydrogens (tertiary/aromatic N) is 3. The van der Waals surface area contributed by atoms with E-state index in [4.69, 9.17) is 4.98 Å². The van der Waals surface area contributed by atoms with Crippen LogP contribution in [0.2, 0.25) is 0 Å². The molecule has 0 saturated heterocycles. The van der Waals surface area contributed by atoms with Gasteiger partial charge in [-0.05, 0) is 49.2 Å². The second-order valence-electron chi connectivity index (χ2n) is 7.46. The first-order valence-electron chi connectivity index (χ1n) is 9.69. The fourth-order valence-corrected chi connectivity index (χ4v) is 4.59. The van der Waals surface area contributed by atoms with Crippen molar-refractivity contribution in [1.29, 1.82) is 0 Å². The van der Waals surface area contributed by atoms with Gasteiger partial charge in [0.2, 0.25) is 10.0 Å². The predicted octanol–water partition coefficient (Wildman–Crippen LogP) is 3.27. The minimum absolute atomic E-state index is 0.0865. The molecule has 2 heterocycles. The highest BCUT2D eigenvalue weighted by atomic mass is 32.2. The summed E-state index contributed by atoms with van der Waals surface area (Å²) in [5.41, 5.74) is 2.87. The molecule has 1 N–H and O–H groups in total. The van der Waals surface area contributed by atoms with Crippen molar-refractivity contribution in [3.63, 3.8) is 0 Å². The number of hydrogen-bond acceptors (Lipinski definition) is 4. The van der Waals surface area contributed by atoms with Gasteiger partial charge in [-0.1, -0.05) is 12.5 Å². The minimum atomic E-state index is -3.60. The Hall–Kier alpha value is -2.71. The molecule has 1 aliphatic heterocycles. The number of aromatic nitrogens is 2. The number of anilines is 1. The summed E-state index contributed by atoms with van der Waals surface area (Å²) in [5.74, 6) is 0.739. The van der Waals surface area contributed by atoms with Crippen LogP contribution in [-0.2, 0) is 23.0 Å². The van der Waals surface area contributed by atoms with Crippen LogP contribution >= 0.6 is 0 Å². The van der Waals surface area contributed by atoms with Crippen LogP contribution in [-0.4, -0.2) is 42.3 Å². The van der Waals surface area contributed by atoms with Crippen LogP contribution in [0, 0.1) is 0 Å². The maximum atomic E-state index is 12.7. The third kappa shape index (κ3) is 3.77. The highest BCUT2D eigenvalue weighted by Crippen LogP contribution is 2.25. The molecule has 0 radical (unpaired) electrons. The first kappa shape index (κ1) is 19.6. The largest absolute Gasteiger partial charge is 0.328 e. The Morgan fingerprint density at radius 3 is 2.72 bits per heavy atom. The van der Waals surface area contributed by atoms with Gasteiger partial charge in [-0.2, -0.15) is 0 Å². The molecule has 0 unspecified atom stereocenters. The maximum absolute atomic E-state index is 12.7. The van der Waals surface area contributed by atoms with Crippen LogP contribution < -0.4 is 5.32 Å². The van der Waals surface area contributed by atoms with Gasteiger partial charge >= 0.3 is 0 Å². The molecule has 0 spiro atoms. The Kier molecular flexibility index (Phi) is 5.14. The molecule has 29 heavy (non-hydrogen) atoms. The van der Waals surface area contributed by atoms with Crippen LogP contribution in [0.25, 0.3) is 11.0 Å². The summed E-state index contributed by atoms with van der Waals surface area (Å²) in [6.07, 6.45) is 4.51. The van der Waals surface area contributed by atoms with Gasteiger partial charge in [-0.25, -0.2) is 17.7 Å². The van der Waals surface area contributed by atoms with Gasteiger partial charge in [0.05, 0.1) is 15.9 Å². The Labute approximate surface area is 170 Å². The average Bonchev–Trinajstić information content (AvgIpc) is 2.87. The fourth-order valence-electron chi connectivity index (χ4n) is 3.64. The number of sulfonamides is 1. The predicted molar refractivity (Wildman–Crippen MR) is 113 cm³/mol. The van der Waals surface area contributed by atoms with Gasteiger partial charge in [0, 0.05) is 38.3 Å². The SMILES string of the molecule is CN(C)S(=O)(=O)c1cccc(C(=O)Nc2ccc3c(c2)nc2n3CCCCC2)c1. The van der Waals surface area contributed by atoms with Crippen molar-refractivity contribution in [2.24, 2.45) is 0 Å². The summed E-state index contributed by atoms with van der Waals surface area (Å²) < 4.78 is 28.0. The first-order valence-corrected chi connectivity index (χ1v) is 11.1. The van der Waals surface area contributed by atoms with E-state index in [2.05, 4.69) is 9.88 Å². The topological polar surface area (TPSA) is 84.3 Å². The van der Waals surface area contributed by atoms with Crippen LogP contribution in [0.1, 0.15) is 35.4 Å². The van der Waals surface area contributed by atoms with Crippen molar-refractivity contribution in [3.8, 4) is 0 Å². The molecule has 152 valence electrons. The molecule has 7 nitrogen and oxygen atoms in total. The zero-order valence-electron chi connectivity index (χ0n) is 16.6. The molecule has 3 aromatic rings.